The lowest BCUT2D eigenvalue weighted by Gasteiger charge is -2.26. The van der Waals surface area contributed by atoms with Gasteiger partial charge in [-0.2, -0.15) is 0 Å². The number of fused-ring (bicyclic) bond motifs is 1. The van der Waals surface area contributed by atoms with Gasteiger partial charge in [-0.1, -0.05) is 43.2 Å². The van der Waals surface area contributed by atoms with Crippen molar-refractivity contribution in [2.45, 2.75) is 26.2 Å². The number of rotatable bonds is 6. The molecule has 0 radical (unpaired) electrons. The monoisotopic (exact) mass is 407 g/mol. The van der Waals surface area contributed by atoms with Gasteiger partial charge in [-0.05, 0) is 55.3 Å². The molecule has 0 saturated heterocycles. The highest BCUT2D eigenvalue weighted by molar-refractivity contribution is 6.34. The second-order valence-corrected chi connectivity index (χ2v) is 7.94. The number of nitrogens with zero attached hydrogens (tertiary/aromatic N) is 1. The van der Waals surface area contributed by atoms with Gasteiger partial charge in [-0.25, -0.2) is 0 Å². The summed E-state index contributed by atoms with van der Waals surface area (Å²) in [7, 11) is 0. The van der Waals surface area contributed by atoms with Crippen LogP contribution in [-0.2, 0) is 0 Å². The summed E-state index contributed by atoms with van der Waals surface area (Å²) in [6.45, 7) is 5.51. The van der Waals surface area contributed by atoms with Crippen molar-refractivity contribution in [3.63, 3.8) is 0 Å². The van der Waals surface area contributed by atoms with Crippen molar-refractivity contribution in [2.24, 2.45) is 0 Å². The molecule has 1 aliphatic rings. The van der Waals surface area contributed by atoms with E-state index in [4.69, 9.17) is 11.6 Å². The van der Waals surface area contributed by atoms with Crippen LogP contribution in [0.25, 0.3) is 16.5 Å². The molecule has 4 rings (SSSR count). The number of unbranched alkanes of at least 4 members (excludes halogenated alkanes) is 1. The van der Waals surface area contributed by atoms with Crippen molar-refractivity contribution in [1.82, 2.24) is 9.88 Å². The first-order valence-electron chi connectivity index (χ1n) is 10.2. The molecule has 0 bridgehead atoms. The highest BCUT2D eigenvalue weighted by atomic mass is 35.5. The van der Waals surface area contributed by atoms with E-state index in [1.165, 1.54) is 30.5 Å². The summed E-state index contributed by atoms with van der Waals surface area (Å²) in [5.74, 6) is -0.199. The molecule has 3 aromatic rings. The summed E-state index contributed by atoms with van der Waals surface area (Å²) in [5.41, 5.74) is 4.92. The van der Waals surface area contributed by atoms with Gasteiger partial charge in [-0.3, -0.25) is 9.69 Å². The fourth-order valence-electron chi connectivity index (χ4n) is 3.85. The minimum absolute atomic E-state index is 0.199. The van der Waals surface area contributed by atoms with Gasteiger partial charge in [0.1, 0.15) is 0 Å². The minimum atomic E-state index is -0.199. The van der Waals surface area contributed by atoms with Crippen molar-refractivity contribution in [3.8, 4) is 0 Å². The van der Waals surface area contributed by atoms with Crippen molar-refractivity contribution in [2.75, 3.05) is 25.0 Å². The molecule has 0 unspecified atom stereocenters. The smallest absolute Gasteiger partial charge is 0.257 e. The van der Waals surface area contributed by atoms with Gasteiger partial charge in [0.05, 0.1) is 10.6 Å². The van der Waals surface area contributed by atoms with Crippen LogP contribution in [-0.4, -0.2) is 35.4 Å². The Balaban J connectivity index is 1.55. The number of hydrogen-bond donors (Lipinski definition) is 2. The molecule has 0 spiro atoms. The maximum Gasteiger partial charge on any atom is 0.257 e. The molecule has 4 nitrogen and oxygen atoms in total. The molecule has 5 heteroatoms. The van der Waals surface area contributed by atoms with Crippen LogP contribution < -0.4 is 5.32 Å². The first kappa shape index (κ1) is 19.7. The summed E-state index contributed by atoms with van der Waals surface area (Å²) >= 11 is 6.16. The maximum atomic E-state index is 12.6. The number of aromatic amines is 1. The molecule has 2 aromatic carbocycles. The summed E-state index contributed by atoms with van der Waals surface area (Å²) in [6, 6.07) is 13.1. The second-order valence-electron chi connectivity index (χ2n) is 7.53. The average Bonchev–Trinajstić information content (AvgIpc) is 3.16. The quantitative estimate of drug-likeness (QED) is 0.529. The third-order valence-corrected chi connectivity index (χ3v) is 5.85. The summed E-state index contributed by atoms with van der Waals surface area (Å²) < 4.78 is 0. The molecular formula is C24H26ClN3O. The van der Waals surface area contributed by atoms with Crippen molar-refractivity contribution >= 4 is 39.7 Å². The van der Waals surface area contributed by atoms with E-state index in [0.717, 1.165) is 36.1 Å². The van der Waals surface area contributed by atoms with E-state index in [1.54, 1.807) is 12.1 Å². The van der Waals surface area contributed by atoms with Gasteiger partial charge < -0.3 is 10.3 Å². The van der Waals surface area contributed by atoms with Gasteiger partial charge in [0, 0.05) is 41.4 Å². The van der Waals surface area contributed by atoms with Crippen LogP contribution in [0, 0.1) is 0 Å². The lowest BCUT2D eigenvalue weighted by molar-refractivity contribution is 0.102. The Morgan fingerprint density at radius 3 is 2.86 bits per heavy atom. The Hall–Kier alpha value is -2.56. The summed E-state index contributed by atoms with van der Waals surface area (Å²) in [4.78, 5) is 18.5. The van der Waals surface area contributed by atoms with E-state index in [-0.39, 0.29) is 5.91 Å². The highest BCUT2D eigenvalue weighted by Gasteiger charge is 2.16. The van der Waals surface area contributed by atoms with E-state index < -0.39 is 0 Å². The molecule has 29 heavy (non-hydrogen) atoms. The Morgan fingerprint density at radius 2 is 2.10 bits per heavy atom. The van der Waals surface area contributed by atoms with E-state index in [9.17, 15) is 4.79 Å². The van der Waals surface area contributed by atoms with E-state index >= 15 is 0 Å². The van der Waals surface area contributed by atoms with E-state index in [0.29, 0.717) is 10.6 Å². The number of H-pyrrole nitrogens is 1. The van der Waals surface area contributed by atoms with Crippen LogP contribution in [0.5, 0.6) is 0 Å². The van der Waals surface area contributed by atoms with Crippen LogP contribution in [0.2, 0.25) is 5.02 Å². The largest absolute Gasteiger partial charge is 0.361 e. The fourth-order valence-corrected chi connectivity index (χ4v) is 4.07. The molecular weight excluding hydrogens is 382 g/mol. The van der Waals surface area contributed by atoms with Crippen LogP contribution >= 0.6 is 11.6 Å². The molecule has 1 amide bonds. The van der Waals surface area contributed by atoms with Gasteiger partial charge in [0.25, 0.3) is 5.91 Å². The van der Waals surface area contributed by atoms with Crippen LogP contribution in [0.3, 0.4) is 0 Å². The molecule has 0 fully saturated rings. The molecule has 2 N–H and O–H groups in total. The Morgan fingerprint density at radius 1 is 1.24 bits per heavy atom. The van der Waals surface area contributed by atoms with Gasteiger partial charge >= 0.3 is 0 Å². The standard InChI is InChI=1S/C24H26ClN3O/c1-2-3-12-28-13-10-17(11-14-28)21-16-26-23-9-8-18(15-20(21)23)27-24(29)19-6-4-5-7-22(19)25/h4-10,15-16,26H,2-3,11-14H2,1H3,(H,27,29). The fraction of sp³-hybridized carbons (Fsp3) is 0.292. The van der Waals surface area contributed by atoms with Crippen molar-refractivity contribution in [3.05, 3.63) is 70.9 Å². The number of aromatic nitrogens is 1. The number of amides is 1. The minimum Gasteiger partial charge on any atom is -0.361 e. The SMILES string of the molecule is CCCCN1CC=C(c2c[nH]c3ccc(NC(=O)c4ccccc4Cl)cc23)CC1. The molecule has 150 valence electrons. The number of anilines is 1. The lowest BCUT2D eigenvalue weighted by Crippen LogP contribution is -2.29. The van der Waals surface area contributed by atoms with Gasteiger partial charge in [0.2, 0.25) is 0 Å². The van der Waals surface area contributed by atoms with E-state index in [1.807, 2.05) is 30.3 Å². The average molecular weight is 408 g/mol. The summed E-state index contributed by atoms with van der Waals surface area (Å²) in [6.07, 6.45) is 7.96. The molecule has 2 heterocycles. The molecule has 0 atom stereocenters. The second kappa shape index (κ2) is 8.85. The zero-order valence-electron chi connectivity index (χ0n) is 16.7. The highest BCUT2D eigenvalue weighted by Crippen LogP contribution is 2.31. The van der Waals surface area contributed by atoms with Gasteiger partial charge in [0.15, 0.2) is 0 Å². The zero-order chi connectivity index (χ0) is 20.2. The van der Waals surface area contributed by atoms with Crippen LogP contribution in [0.1, 0.15) is 42.1 Å². The third kappa shape index (κ3) is 4.39. The number of halogens is 1. The van der Waals surface area contributed by atoms with Crippen LogP contribution in [0.15, 0.2) is 54.7 Å². The van der Waals surface area contributed by atoms with Gasteiger partial charge in [-0.15, -0.1) is 0 Å². The number of carbonyl (C=O) groups excluding carboxylic acids is 1. The molecule has 0 saturated carbocycles. The number of hydrogen-bond acceptors (Lipinski definition) is 2. The number of carbonyl (C=O) groups is 1. The molecule has 1 aromatic heterocycles. The Bertz CT molecular complexity index is 1050. The lowest BCUT2D eigenvalue weighted by atomic mass is 9.98. The predicted molar refractivity (Wildman–Crippen MR) is 122 cm³/mol. The van der Waals surface area contributed by atoms with Crippen LogP contribution in [0.4, 0.5) is 5.69 Å². The summed E-state index contributed by atoms with van der Waals surface area (Å²) in [5, 5.41) is 4.56. The maximum absolute atomic E-state index is 12.6. The first-order valence-corrected chi connectivity index (χ1v) is 10.6. The molecule has 0 aliphatic carbocycles. The predicted octanol–water partition coefficient (Wildman–Crippen LogP) is 5.96. The normalized spacial score (nSPS) is 14.8. The van der Waals surface area contributed by atoms with Crippen molar-refractivity contribution < 1.29 is 4.79 Å². The molecule has 1 aliphatic heterocycles. The Kier molecular flexibility index (Phi) is 6.02. The topological polar surface area (TPSA) is 48.1 Å². The van der Waals surface area contributed by atoms with Crippen molar-refractivity contribution in [1.29, 1.82) is 0 Å². The number of benzene rings is 2. The first-order chi connectivity index (χ1) is 14.2. The third-order valence-electron chi connectivity index (χ3n) is 5.53. The number of nitrogens with one attached hydrogen (secondary N) is 2. The zero-order valence-corrected chi connectivity index (χ0v) is 17.4. The Labute approximate surface area is 176 Å². The van der Waals surface area contributed by atoms with E-state index in [2.05, 4.69) is 34.4 Å².